The van der Waals surface area contributed by atoms with Gasteiger partial charge in [0.05, 0.1) is 6.61 Å². The predicted molar refractivity (Wildman–Crippen MR) is 88.9 cm³/mol. The first-order valence-electron chi connectivity index (χ1n) is 7.93. The summed E-state index contributed by atoms with van der Waals surface area (Å²) in [6, 6.07) is 16.4. The van der Waals surface area contributed by atoms with Crippen molar-refractivity contribution >= 4 is 11.6 Å². The van der Waals surface area contributed by atoms with Gasteiger partial charge in [0.25, 0.3) is 5.91 Å². The minimum atomic E-state index is -1.18. The summed E-state index contributed by atoms with van der Waals surface area (Å²) in [6.45, 7) is 1.35. The van der Waals surface area contributed by atoms with Crippen LogP contribution in [0.4, 0.5) is 5.69 Å². The molecule has 0 aromatic heterocycles. The van der Waals surface area contributed by atoms with Crippen LogP contribution in [0.2, 0.25) is 0 Å². The number of ether oxygens (including phenoxy) is 1. The SMILES string of the molecule is O=C(Nc1cccc(COCC2CC2)c1)C(O)c1ccccc1. The highest BCUT2D eigenvalue weighted by Gasteiger charge is 2.21. The maximum Gasteiger partial charge on any atom is 0.257 e. The number of aliphatic hydroxyl groups excluding tert-OH is 1. The molecule has 0 heterocycles. The summed E-state index contributed by atoms with van der Waals surface area (Å²) >= 11 is 0. The molecular formula is C19H21NO3. The largest absolute Gasteiger partial charge is 0.378 e. The van der Waals surface area contributed by atoms with Gasteiger partial charge in [-0.1, -0.05) is 42.5 Å². The second-order valence-corrected chi connectivity index (χ2v) is 5.96. The van der Waals surface area contributed by atoms with Gasteiger partial charge in [0.1, 0.15) is 0 Å². The molecule has 0 radical (unpaired) electrons. The summed E-state index contributed by atoms with van der Waals surface area (Å²) in [5.41, 5.74) is 2.25. The maximum atomic E-state index is 12.1. The van der Waals surface area contributed by atoms with Gasteiger partial charge in [0.2, 0.25) is 0 Å². The summed E-state index contributed by atoms with van der Waals surface area (Å²) < 4.78 is 5.66. The molecule has 120 valence electrons. The minimum absolute atomic E-state index is 0.438. The fraction of sp³-hybridized carbons (Fsp3) is 0.316. The molecule has 0 aliphatic heterocycles. The lowest BCUT2D eigenvalue weighted by Gasteiger charge is -2.12. The maximum absolute atomic E-state index is 12.1. The van der Waals surface area contributed by atoms with Crippen molar-refractivity contribution in [1.29, 1.82) is 0 Å². The predicted octanol–water partition coefficient (Wildman–Crippen LogP) is 3.29. The van der Waals surface area contributed by atoms with Gasteiger partial charge in [-0.15, -0.1) is 0 Å². The number of nitrogens with one attached hydrogen (secondary N) is 1. The molecule has 2 aromatic carbocycles. The number of hydrogen-bond acceptors (Lipinski definition) is 3. The Morgan fingerprint density at radius 2 is 1.96 bits per heavy atom. The lowest BCUT2D eigenvalue weighted by Crippen LogP contribution is -2.20. The van der Waals surface area contributed by atoms with Crippen molar-refractivity contribution in [3.63, 3.8) is 0 Å². The van der Waals surface area contributed by atoms with Gasteiger partial charge in [0, 0.05) is 12.3 Å². The number of carbonyl (C=O) groups is 1. The van der Waals surface area contributed by atoms with E-state index in [1.165, 1.54) is 12.8 Å². The molecule has 3 rings (SSSR count). The van der Waals surface area contributed by atoms with Crippen molar-refractivity contribution in [2.75, 3.05) is 11.9 Å². The van der Waals surface area contributed by atoms with Crippen LogP contribution in [0.3, 0.4) is 0 Å². The molecule has 1 unspecified atom stereocenters. The second-order valence-electron chi connectivity index (χ2n) is 5.96. The number of anilines is 1. The summed E-state index contributed by atoms with van der Waals surface area (Å²) in [5.74, 6) is 0.297. The molecule has 1 amide bonds. The highest BCUT2D eigenvalue weighted by molar-refractivity contribution is 5.94. The van der Waals surface area contributed by atoms with Crippen LogP contribution in [0.1, 0.15) is 30.1 Å². The summed E-state index contributed by atoms with van der Waals surface area (Å²) in [5, 5.41) is 12.8. The molecule has 1 aliphatic carbocycles. The number of carbonyl (C=O) groups excluding carboxylic acids is 1. The highest BCUT2D eigenvalue weighted by atomic mass is 16.5. The van der Waals surface area contributed by atoms with Crippen LogP contribution >= 0.6 is 0 Å². The van der Waals surface area contributed by atoms with E-state index in [1.54, 1.807) is 30.3 Å². The fourth-order valence-electron chi connectivity index (χ4n) is 2.36. The Kier molecular flexibility index (Phi) is 5.05. The van der Waals surface area contributed by atoms with E-state index in [4.69, 9.17) is 4.74 Å². The first-order valence-corrected chi connectivity index (χ1v) is 7.93. The van der Waals surface area contributed by atoms with Crippen LogP contribution in [0, 0.1) is 5.92 Å². The number of amides is 1. The van der Waals surface area contributed by atoms with Crippen molar-refractivity contribution in [2.45, 2.75) is 25.6 Å². The first kappa shape index (κ1) is 15.7. The van der Waals surface area contributed by atoms with E-state index < -0.39 is 12.0 Å². The normalized spacial score (nSPS) is 15.2. The Labute approximate surface area is 136 Å². The van der Waals surface area contributed by atoms with Crippen molar-refractivity contribution in [2.24, 2.45) is 5.92 Å². The van der Waals surface area contributed by atoms with Crippen molar-refractivity contribution in [1.82, 2.24) is 0 Å². The van der Waals surface area contributed by atoms with Crippen LogP contribution in [0.25, 0.3) is 0 Å². The molecule has 2 aromatic rings. The zero-order valence-electron chi connectivity index (χ0n) is 12.9. The fourth-order valence-corrected chi connectivity index (χ4v) is 2.36. The van der Waals surface area contributed by atoms with E-state index in [9.17, 15) is 9.90 Å². The Bertz CT molecular complexity index is 653. The molecular weight excluding hydrogens is 290 g/mol. The van der Waals surface area contributed by atoms with Gasteiger partial charge in [-0.25, -0.2) is 0 Å². The smallest absolute Gasteiger partial charge is 0.257 e. The summed E-state index contributed by atoms with van der Waals surface area (Å²) in [7, 11) is 0. The molecule has 4 heteroatoms. The molecule has 1 fully saturated rings. The Morgan fingerprint density at radius 3 is 2.70 bits per heavy atom. The zero-order valence-corrected chi connectivity index (χ0v) is 12.9. The van der Waals surface area contributed by atoms with Gasteiger partial charge in [-0.3, -0.25) is 4.79 Å². The van der Waals surface area contributed by atoms with Gasteiger partial charge in [-0.05, 0) is 42.0 Å². The first-order chi connectivity index (χ1) is 11.2. The number of aliphatic hydroxyl groups is 1. The second kappa shape index (κ2) is 7.40. The average molecular weight is 311 g/mol. The van der Waals surface area contributed by atoms with Gasteiger partial charge in [0.15, 0.2) is 6.10 Å². The van der Waals surface area contributed by atoms with Gasteiger partial charge in [-0.2, -0.15) is 0 Å². The summed E-state index contributed by atoms with van der Waals surface area (Å²) in [6.07, 6.45) is 1.37. The van der Waals surface area contributed by atoms with E-state index >= 15 is 0 Å². The van der Waals surface area contributed by atoms with Gasteiger partial charge >= 0.3 is 0 Å². The zero-order chi connectivity index (χ0) is 16.1. The van der Waals surface area contributed by atoms with Crippen molar-refractivity contribution in [3.8, 4) is 0 Å². The third-order valence-corrected chi connectivity index (χ3v) is 3.88. The molecule has 0 spiro atoms. The molecule has 1 aliphatic rings. The standard InChI is InChI=1S/C19H21NO3/c21-18(16-6-2-1-3-7-16)19(22)20-17-8-4-5-15(11-17)13-23-12-14-9-10-14/h1-8,11,14,18,21H,9-10,12-13H2,(H,20,22). The lowest BCUT2D eigenvalue weighted by atomic mass is 10.1. The van der Waals surface area contributed by atoms with Crippen molar-refractivity contribution < 1.29 is 14.6 Å². The van der Waals surface area contributed by atoms with E-state index in [0.29, 0.717) is 17.9 Å². The number of benzene rings is 2. The average Bonchev–Trinajstić information content (AvgIpc) is 3.39. The molecule has 0 bridgehead atoms. The third-order valence-electron chi connectivity index (χ3n) is 3.88. The summed E-state index contributed by atoms with van der Waals surface area (Å²) in [4.78, 5) is 12.1. The van der Waals surface area contributed by atoms with Crippen molar-refractivity contribution in [3.05, 3.63) is 65.7 Å². The Balaban J connectivity index is 1.57. The Morgan fingerprint density at radius 1 is 1.17 bits per heavy atom. The topological polar surface area (TPSA) is 58.6 Å². The molecule has 4 nitrogen and oxygen atoms in total. The number of hydrogen-bond donors (Lipinski definition) is 2. The molecule has 1 saturated carbocycles. The van der Waals surface area contributed by atoms with E-state index in [2.05, 4.69) is 5.32 Å². The Hall–Kier alpha value is -2.17. The lowest BCUT2D eigenvalue weighted by molar-refractivity contribution is -0.124. The quantitative estimate of drug-likeness (QED) is 0.825. The van der Waals surface area contributed by atoms with E-state index in [0.717, 1.165) is 18.1 Å². The van der Waals surface area contributed by atoms with E-state index in [-0.39, 0.29) is 0 Å². The van der Waals surface area contributed by atoms with E-state index in [1.807, 2.05) is 24.3 Å². The third kappa shape index (κ3) is 4.65. The van der Waals surface area contributed by atoms with Gasteiger partial charge < -0.3 is 15.2 Å². The molecule has 23 heavy (non-hydrogen) atoms. The van der Waals surface area contributed by atoms with Crippen LogP contribution in [0.15, 0.2) is 54.6 Å². The monoisotopic (exact) mass is 311 g/mol. The van der Waals surface area contributed by atoms with Crippen LogP contribution in [-0.4, -0.2) is 17.6 Å². The van der Waals surface area contributed by atoms with Crippen LogP contribution in [-0.2, 0) is 16.1 Å². The van der Waals surface area contributed by atoms with Crippen LogP contribution < -0.4 is 5.32 Å². The number of rotatable bonds is 7. The molecule has 2 N–H and O–H groups in total. The minimum Gasteiger partial charge on any atom is -0.378 e. The molecule has 0 saturated heterocycles. The molecule has 1 atom stereocenters. The highest BCUT2D eigenvalue weighted by Crippen LogP contribution is 2.29. The van der Waals surface area contributed by atoms with Crippen LogP contribution in [0.5, 0.6) is 0 Å².